The summed E-state index contributed by atoms with van der Waals surface area (Å²) in [5, 5.41) is 3.22. The molecule has 134 valence electrons. The van der Waals surface area contributed by atoms with Gasteiger partial charge in [-0.05, 0) is 44.2 Å². The Hall–Kier alpha value is -2.93. The largest absolute Gasteiger partial charge is 0.478 e. The van der Waals surface area contributed by atoms with Crippen molar-refractivity contribution in [1.29, 1.82) is 0 Å². The maximum atomic E-state index is 12.6. The number of aromatic nitrogens is 1. The molecule has 1 heterocycles. The van der Waals surface area contributed by atoms with Crippen molar-refractivity contribution in [3.05, 3.63) is 54.1 Å². The molecule has 0 bridgehead atoms. The number of benzene rings is 2. The Balaban J connectivity index is 1.77. The van der Waals surface area contributed by atoms with Crippen LogP contribution >= 0.6 is 11.3 Å². The van der Waals surface area contributed by atoms with E-state index in [9.17, 15) is 9.59 Å². The lowest BCUT2D eigenvalue weighted by atomic mass is 10.1. The number of hydrogen-bond donors (Lipinski definition) is 1. The number of para-hydroxylation sites is 1. The van der Waals surface area contributed by atoms with Gasteiger partial charge in [-0.25, -0.2) is 9.78 Å². The van der Waals surface area contributed by atoms with E-state index in [0.29, 0.717) is 22.0 Å². The first kappa shape index (κ1) is 17.9. The van der Waals surface area contributed by atoms with Crippen LogP contribution in [0, 0.1) is 0 Å². The van der Waals surface area contributed by atoms with Gasteiger partial charge in [0.05, 0.1) is 22.9 Å². The van der Waals surface area contributed by atoms with Crippen LogP contribution in [-0.4, -0.2) is 29.6 Å². The Morgan fingerprint density at radius 3 is 2.54 bits per heavy atom. The summed E-state index contributed by atoms with van der Waals surface area (Å²) in [6.45, 7) is 3.38. The number of amides is 1. The Bertz CT molecular complexity index is 951. The minimum Gasteiger partial charge on any atom is -0.478 e. The van der Waals surface area contributed by atoms with Crippen molar-refractivity contribution in [3.8, 4) is 5.75 Å². The Kier molecular flexibility index (Phi) is 4.90. The summed E-state index contributed by atoms with van der Waals surface area (Å²) in [6, 6.07) is 14.2. The topological polar surface area (TPSA) is 77.5 Å². The highest BCUT2D eigenvalue weighted by atomic mass is 32.1. The van der Waals surface area contributed by atoms with Gasteiger partial charge < -0.3 is 9.47 Å². The van der Waals surface area contributed by atoms with Crippen LogP contribution in [0.2, 0.25) is 0 Å². The average Bonchev–Trinajstić information content (AvgIpc) is 3.02. The lowest BCUT2D eigenvalue weighted by molar-refractivity contribution is -0.128. The van der Waals surface area contributed by atoms with Crippen molar-refractivity contribution < 1.29 is 19.1 Å². The molecule has 2 aromatic carbocycles. The lowest BCUT2D eigenvalue weighted by Gasteiger charge is -2.24. The van der Waals surface area contributed by atoms with Gasteiger partial charge in [0.25, 0.3) is 5.91 Å². The molecule has 0 atom stereocenters. The van der Waals surface area contributed by atoms with Crippen LogP contribution in [0.15, 0.2) is 48.5 Å². The fraction of sp³-hybridized carbons (Fsp3) is 0.211. The zero-order valence-electron chi connectivity index (χ0n) is 14.6. The first-order chi connectivity index (χ1) is 12.4. The summed E-state index contributed by atoms with van der Waals surface area (Å²) in [4.78, 5) is 28.6. The van der Waals surface area contributed by atoms with Crippen LogP contribution in [0.5, 0.6) is 5.75 Å². The fourth-order valence-electron chi connectivity index (χ4n) is 2.30. The molecular formula is C19H18N2O4S. The highest BCUT2D eigenvalue weighted by Crippen LogP contribution is 2.28. The standard InChI is InChI=1S/C19H18N2O4S/c1-19(2,25-13-7-5-4-6-8-13)17(23)21-18-20-14-10-9-12(16(22)24-3)11-15(14)26-18/h4-11H,1-3H3,(H,20,21,23). The number of ether oxygens (including phenoxy) is 2. The molecule has 1 amide bonds. The quantitative estimate of drug-likeness (QED) is 0.690. The fourth-order valence-corrected chi connectivity index (χ4v) is 3.20. The number of methoxy groups -OCH3 is 1. The van der Waals surface area contributed by atoms with Crippen molar-refractivity contribution in [2.45, 2.75) is 19.4 Å². The number of nitrogens with one attached hydrogen (secondary N) is 1. The number of carbonyl (C=O) groups is 2. The molecule has 6 nitrogen and oxygen atoms in total. The minimum absolute atomic E-state index is 0.311. The maximum Gasteiger partial charge on any atom is 0.337 e. The van der Waals surface area contributed by atoms with Crippen LogP contribution in [0.1, 0.15) is 24.2 Å². The number of fused-ring (bicyclic) bond motifs is 1. The number of rotatable bonds is 5. The molecule has 3 rings (SSSR count). The monoisotopic (exact) mass is 370 g/mol. The van der Waals surface area contributed by atoms with Gasteiger partial charge in [-0.15, -0.1) is 0 Å². The van der Waals surface area contributed by atoms with E-state index in [0.717, 1.165) is 4.70 Å². The molecule has 3 aromatic rings. The summed E-state index contributed by atoms with van der Waals surface area (Å²) < 4.78 is 11.3. The second kappa shape index (κ2) is 7.13. The van der Waals surface area contributed by atoms with Gasteiger partial charge in [0.15, 0.2) is 10.7 Å². The Labute approximate surface area is 154 Å². The maximum absolute atomic E-state index is 12.6. The van der Waals surface area contributed by atoms with E-state index in [-0.39, 0.29) is 5.91 Å². The highest BCUT2D eigenvalue weighted by Gasteiger charge is 2.30. The minimum atomic E-state index is -1.07. The molecule has 26 heavy (non-hydrogen) atoms. The van der Waals surface area contributed by atoms with Gasteiger partial charge in [0.1, 0.15) is 5.75 Å². The molecule has 0 saturated heterocycles. The molecule has 1 aromatic heterocycles. The zero-order valence-corrected chi connectivity index (χ0v) is 15.4. The van der Waals surface area contributed by atoms with E-state index in [1.807, 2.05) is 18.2 Å². The van der Waals surface area contributed by atoms with Crippen LogP contribution < -0.4 is 10.1 Å². The third-order valence-electron chi connectivity index (χ3n) is 3.69. The summed E-state index contributed by atoms with van der Waals surface area (Å²) >= 11 is 1.28. The molecule has 0 radical (unpaired) electrons. The number of carbonyl (C=O) groups excluding carboxylic acids is 2. The number of thiazole rings is 1. The summed E-state index contributed by atoms with van der Waals surface area (Å²) in [5.74, 6) is -0.114. The predicted octanol–water partition coefficient (Wildman–Crippen LogP) is 3.88. The van der Waals surface area contributed by atoms with Gasteiger partial charge in [0.2, 0.25) is 0 Å². The molecule has 0 aliphatic heterocycles. The van der Waals surface area contributed by atoms with E-state index in [2.05, 4.69) is 10.3 Å². The van der Waals surface area contributed by atoms with Crippen molar-refractivity contribution >= 4 is 38.6 Å². The summed E-state index contributed by atoms with van der Waals surface area (Å²) in [5.41, 5.74) is 0.0603. The molecule has 7 heteroatoms. The second-order valence-corrected chi connectivity index (χ2v) is 7.10. The highest BCUT2D eigenvalue weighted by molar-refractivity contribution is 7.22. The Morgan fingerprint density at radius 1 is 1.12 bits per heavy atom. The van der Waals surface area contributed by atoms with Gasteiger partial charge >= 0.3 is 5.97 Å². The lowest BCUT2D eigenvalue weighted by Crippen LogP contribution is -2.42. The number of anilines is 1. The number of hydrogen-bond acceptors (Lipinski definition) is 6. The van der Waals surface area contributed by atoms with Gasteiger partial charge in [0, 0.05) is 0 Å². The van der Waals surface area contributed by atoms with Crippen LogP contribution in [-0.2, 0) is 9.53 Å². The van der Waals surface area contributed by atoms with E-state index in [1.165, 1.54) is 18.4 Å². The molecule has 0 unspecified atom stereocenters. The average molecular weight is 370 g/mol. The molecular weight excluding hydrogens is 352 g/mol. The molecule has 0 aliphatic carbocycles. The first-order valence-electron chi connectivity index (χ1n) is 7.93. The zero-order chi connectivity index (χ0) is 18.7. The Morgan fingerprint density at radius 2 is 1.85 bits per heavy atom. The summed E-state index contributed by atoms with van der Waals surface area (Å²) in [6.07, 6.45) is 0. The van der Waals surface area contributed by atoms with Gasteiger partial charge in [-0.2, -0.15) is 0 Å². The van der Waals surface area contributed by atoms with E-state index in [1.54, 1.807) is 44.2 Å². The predicted molar refractivity (Wildman–Crippen MR) is 101 cm³/mol. The van der Waals surface area contributed by atoms with Crippen molar-refractivity contribution in [2.75, 3.05) is 12.4 Å². The number of nitrogens with zero attached hydrogens (tertiary/aromatic N) is 1. The third-order valence-corrected chi connectivity index (χ3v) is 4.63. The number of esters is 1. The molecule has 0 saturated carbocycles. The van der Waals surface area contributed by atoms with Crippen molar-refractivity contribution in [1.82, 2.24) is 4.98 Å². The van der Waals surface area contributed by atoms with Crippen molar-refractivity contribution in [2.24, 2.45) is 0 Å². The van der Waals surface area contributed by atoms with E-state index in [4.69, 9.17) is 9.47 Å². The first-order valence-corrected chi connectivity index (χ1v) is 8.75. The molecule has 1 N–H and O–H groups in total. The van der Waals surface area contributed by atoms with Crippen LogP contribution in [0.3, 0.4) is 0 Å². The van der Waals surface area contributed by atoms with Crippen molar-refractivity contribution in [3.63, 3.8) is 0 Å². The van der Waals surface area contributed by atoms with Crippen LogP contribution in [0.4, 0.5) is 5.13 Å². The molecule has 0 spiro atoms. The SMILES string of the molecule is COC(=O)c1ccc2nc(NC(=O)C(C)(C)Oc3ccccc3)sc2c1. The van der Waals surface area contributed by atoms with Gasteiger partial charge in [-0.1, -0.05) is 29.5 Å². The van der Waals surface area contributed by atoms with E-state index < -0.39 is 11.6 Å². The van der Waals surface area contributed by atoms with Gasteiger partial charge in [-0.3, -0.25) is 10.1 Å². The molecule has 0 fully saturated rings. The molecule has 0 aliphatic rings. The summed E-state index contributed by atoms with van der Waals surface area (Å²) in [7, 11) is 1.33. The third kappa shape index (κ3) is 3.83. The second-order valence-electron chi connectivity index (χ2n) is 6.07. The van der Waals surface area contributed by atoms with E-state index >= 15 is 0 Å². The smallest absolute Gasteiger partial charge is 0.337 e. The normalized spacial score (nSPS) is 11.2. The van der Waals surface area contributed by atoms with Crippen LogP contribution in [0.25, 0.3) is 10.2 Å².